The number of benzene rings is 2. The number of aliphatic hydroxyl groups is 1. The first kappa shape index (κ1) is 14.7. The number of nitrogens with two attached hydrogens (primary N) is 1. The van der Waals surface area contributed by atoms with Crippen LogP contribution in [0.15, 0.2) is 42.5 Å². The largest absolute Gasteiger partial charge is 0.388 e. The van der Waals surface area contributed by atoms with Crippen molar-refractivity contribution in [2.75, 3.05) is 6.54 Å². The second kappa shape index (κ2) is 6.16. The average Bonchev–Trinajstić information content (AvgIpc) is 2.42. The molecule has 106 valence electrons. The third-order valence-electron chi connectivity index (χ3n) is 3.63. The predicted octanol–water partition coefficient (Wildman–Crippen LogP) is 3.22. The van der Waals surface area contributed by atoms with Gasteiger partial charge < -0.3 is 10.8 Å². The van der Waals surface area contributed by atoms with E-state index in [4.69, 9.17) is 5.73 Å². The molecule has 2 nitrogen and oxygen atoms in total. The molecule has 2 unspecified atom stereocenters. The van der Waals surface area contributed by atoms with Crippen molar-refractivity contribution in [2.45, 2.75) is 25.9 Å². The van der Waals surface area contributed by atoms with Gasteiger partial charge in [-0.15, -0.1) is 0 Å². The van der Waals surface area contributed by atoms with Crippen LogP contribution in [-0.4, -0.2) is 11.7 Å². The number of aliphatic hydroxyl groups excluding tert-OH is 1. The molecule has 20 heavy (non-hydrogen) atoms. The third kappa shape index (κ3) is 3.06. The van der Waals surface area contributed by atoms with Gasteiger partial charge in [-0.3, -0.25) is 0 Å². The maximum atomic E-state index is 13.3. The molecule has 0 bridgehead atoms. The summed E-state index contributed by atoms with van der Waals surface area (Å²) in [5.41, 5.74) is 9.18. The van der Waals surface area contributed by atoms with Crippen LogP contribution in [0.5, 0.6) is 0 Å². The van der Waals surface area contributed by atoms with Gasteiger partial charge in [0.2, 0.25) is 0 Å². The van der Waals surface area contributed by atoms with Crippen LogP contribution in [0, 0.1) is 19.7 Å². The van der Waals surface area contributed by atoms with E-state index >= 15 is 0 Å². The second-order valence-corrected chi connectivity index (χ2v) is 5.21. The van der Waals surface area contributed by atoms with E-state index in [0.717, 1.165) is 11.1 Å². The van der Waals surface area contributed by atoms with Crippen LogP contribution >= 0.6 is 0 Å². The first-order chi connectivity index (χ1) is 9.52. The van der Waals surface area contributed by atoms with Gasteiger partial charge in [-0.25, -0.2) is 4.39 Å². The number of rotatable bonds is 4. The molecule has 0 amide bonds. The Hall–Kier alpha value is -1.71. The predicted molar refractivity (Wildman–Crippen MR) is 79.1 cm³/mol. The molecule has 0 heterocycles. The summed E-state index contributed by atoms with van der Waals surface area (Å²) in [5.74, 6) is -0.458. The molecule has 2 aromatic carbocycles. The summed E-state index contributed by atoms with van der Waals surface area (Å²) in [6.07, 6.45) is -0.735. The molecule has 0 aliphatic rings. The topological polar surface area (TPSA) is 46.2 Å². The minimum atomic E-state index is -0.735. The number of aryl methyl sites for hydroxylation is 2. The SMILES string of the molecule is Cc1cccc(C(CN)C(O)c2ccc(F)c(C)c2)c1. The van der Waals surface area contributed by atoms with Crippen LogP contribution in [0.1, 0.15) is 34.3 Å². The van der Waals surface area contributed by atoms with E-state index in [-0.39, 0.29) is 11.7 Å². The Morgan fingerprint density at radius 3 is 2.45 bits per heavy atom. The Balaban J connectivity index is 2.33. The van der Waals surface area contributed by atoms with Crippen LogP contribution < -0.4 is 5.73 Å². The van der Waals surface area contributed by atoms with Crippen molar-refractivity contribution in [1.29, 1.82) is 0 Å². The molecule has 0 fully saturated rings. The van der Waals surface area contributed by atoms with Gasteiger partial charge >= 0.3 is 0 Å². The summed E-state index contributed by atoms with van der Waals surface area (Å²) in [6, 6.07) is 12.6. The van der Waals surface area contributed by atoms with Crippen molar-refractivity contribution < 1.29 is 9.50 Å². The Labute approximate surface area is 119 Å². The molecule has 0 saturated heterocycles. The molecule has 3 N–H and O–H groups in total. The van der Waals surface area contributed by atoms with Gasteiger partial charge in [0.25, 0.3) is 0 Å². The molecular weight excluding hydrogens is 253 g/mol. The van der Waals surface area contributed by atoms with E-state index < -0.39 is 6.10 Å². The minimum Gasteiger partial charge on any atom is -0.388 e. The molecule has 2 atom stereocenters. The Morgan fingerprint density at radius 1 is 1.10 bits per heavy atom. The fourth-order valence-electron chi connectivity index (χ4n) is 2.43. The lowest BCUT2D eigenvalue weighted by molar-refractivity contribution is 0.147. The number of halogens is 1. The molecule has 3 heteroatoms. The minimum absolute atomic E-state index is 0.195. The first-order valence-corrected chi connectivity index (χ1v) is 6.73. The first-order valence-electron chi connectivity index (χ1n) is 6.73. The van der Waals surface area contributed by atoms with E-state index in [2.05, 4.69) is 0 Å². The standard InChI is InChI=1S/C17H20FNO/c1-11-4-3-5-13(8-11)15(10-19)17(20)14-6-7-16(18)12(2)9-14/h3-9,15,17,20H,10,19H2,1-2H3. The smallest absolute Gasteiger partial charge is 0.126 e. The average molecular weight is 273 g/mol. The van der Waals surface area contributed by atoms with Gasteiger partial charge in [-0.05, 0) is 36.6 Å². The van der Waals surface area contributed by atoms with E-state index in [1.165, 1.54) is 6.07 Å². The van der Waals surface area contributed by atoms with Gasteiger partial charge in [0.15, 0.2) is 0 Å². The van der Waals surface area contributed by atoms with E-state index in [1.807, 2.05) is 31.2 Å². The quantitative estimate of drug-likeness (QED) is 0.898. The highest BCUT2D eigenvalue weighted by Crippen LogP contribution is 2.31. The highest BCUT2D eigenvalue weighted by Gasteiger charge is 2.22. The van der Waals surface area contributed by atoms with E-state index in [9.17, 15) is 9.50 Å². The maximum Gasteiger partial charge on any atom is 0.126 e. The highest BCUT2D eigenvalue weighted by atomic mass is 19.1. The van der Waals surface area contributed by atoms with Crippen molar-refractivity contribution >= 4 is 0 Å². The van der Waals surface area contributed by atoms with Crippen LogP contribution in [0.2, 0.25) is 0 Å². The molecular formula is C17H20FNO. The van der Waals surface area contributed by atoms with Gasteiger partial charge in [0.05, 0.1) is 6.10 Å². The monoisotopic (exact) mass is 273 g/mol. The molecule has 2 aromatic rings. The van der Waals surface area contributed by atoms with Crippen molar-refractivity contribution in [1.82, 2.24) is 0 Å². The third-order valence-corrected chi connectivity index (χ3v) is 3.63. The fraction of sp³-hybridized carbons (Fsp3) is 0.294. The fourth-order valence-corrected chi connectivity index (χ4v) is 2.43. The zero-order valence-electron chi connectivity index (χ0n) is 11.8. The summed E-state index contributed by atoms with van der Waals surface area (Å²) >= 11 is 0. The maximum absolute atomic E-state index is 13.3. The van der Waals surface area contributed by atoms with Crippen molar-refractivity contribution in [3.05, 3.63) is 70.5 Å². The highest BCUT2D eigenvalue weighted by molar-refractivity contribution is 5.32. The molecule has 2 rings (SSSR count). The second-order valence-electron chi connectivity index (χ2n) is 5.21. The zero-order valence-corrected chi connectivity index (χ0v) is 11.8. The summed E-state index contributed by atoms with van der Waals surface area (Å²) in [5, 5.41) is 10.5. The Morgan fingerprint density at radius 2 is 1.85 bits per heavy atom. The molecule has 0 radical (unpaired) electrons. The van der Waals surface area contributed by atoms with Gasteiger partial charge in [0.1, 0.15) is 5.82 Å². The van der Waals surface area contributed by atoms with Gasteiger partial charge in [-0.2, -0.15) is 0 Å². The summed E-state index contributed by atoms with van der Waals surface area (Å²) in [6.45, 7) is 4.03. The molecule has 0 aliphatic heterocycles. The Bertz CT molecular complexity index is 597. The zero-order chi connectivity index (χ0) is 14.7. The lowest BCUT2D eigenvalue weighted by Crippen LogP contribution is -2.20. The molecule has 0 spiro atoms. The van der Waals surface area contributed by atoms with Crippen LogP contribution in [-0.2, 0) is 0 Å². The Kier molecular flexibility index (Phi) is 4.53. The lowest BCUT2D eigenvalue weighted by Gasteiger charge is -2.23. The van der Waals surface area contributed by atoms with E-state index in [0.29, 0.717) is 17.7 Å². The van der Waals surface area contributed by atoms with Crippen LogP contribution in [0.4, 0.5) is 4.39 Å². The number of hydrogen-bond acceptors (Lipinski definition) is 2. The summed E-state index contributed by atoms with van der Waals surface area (Å²) < 4.78 is 13.3. The van der Waals surface area contributed by atoms with Crippen molar-refractivity contribution in [2.24, 2.45) is 5.73 Å². The summed E-state index contributed by atoms with van der Waals surface area (Å²) in [4.78, 5) is 0. The molecule has 0 aromatic heterocycles. The normalized spacial score (nSPS) is 14.1. The van der Waals surface area contributed by atoms with E-state index in [1.54, 1.807) is 19.1 Å². The van der Waals surface area contributed by atoms with Gasteiger partial charge in [-0.1, -0.05) is 42.0 Å². The lowest BCUT2D eigenvalue weighted by atomic mass is 9.88. The van der Waals surface area contributed by atoms with Gasteiger partial charge in [0, 0.05) is 12.5 Å². The molecule has 0 saturated carbocycles. The molecule has 0 aliphatic carbocycles. The van der Waals surface area contributed by atoms with Crippen LogP contribution in [0.3, 0.4) is 0 Å². The van der Waals surface area contributed by atoms with Crippen molar-refractivity contribution in [3.8, 4) is 0 Å². The summed E-state index contributed by atoms with van der Waals surface area (Å²) in [7, 11) is 0. The number of hydrogen-bond donors (Lipinski definition) is 2. The van der Waals surface area contributed by atoms with Crippen molar-refractivity contribution in [3.63, 3.8) is 0 Å². The van der Waals surface area contributed by atoms with Crippen LogP contribution in [0.25, 0.3) is 0 Å².